The molecule has 0 aliphatic heterocycles. The highest BCUT2D eigenvalue weighted by molar-refractivity contribution is 9.10. The fourth-order valence-electron chi connectivity index (χ4n) is 1.72. The van der Waals surface area contributed by atoms with Gasteiger partial charge in [0.05, 0.1) is 6.42 Å². The molecule has 0 aliphatic carbocycles. The molecule has 0 spiro atoms. The molecule has 2 aromatic rings. The molecule has 0 aromatic heterocycles. The van der Waals surface area contributed by atoms with Crippen LogP contribution < -0.4 is 5.32 Å². The molecular formula is C15H13Br2NO. The monoisotopic (exact) mass is 381 g/mol. The normalized spacial score (nSPS) is 10.3. The van der Waals surface area contributed by atoms with E-state index >= 15 is 0 Å². The number of anilines is 1. The van der Waals surface area contributed by atoms with Crippen LogP contribution in [0, 0.1) is 6.92 Å². The van der Waals surface area contributed by atoms with Gasteiger partial charge in [0.25, 0.3) is 0 Å². The number of carbonyl (C=O) groups excluding carboxylic acids is 1. The Bertz CT molecular complexity index is 594. The molecule has 2 rings (SSSR count). The standard InChI is InChI=1S/C15H13Br2NO/c1-10-8-13(6-7-14(10)17)18-15(19)9-11-2-4-12(16)5-3-11/h2-8H,9H2,1H3,(H,18,19). The number of carbonyl (C=O) groups is 1. The Morgan fingerprint density at radius 1 is 1.11 bits per heavy atom. The van der Waals surface area contributed by atoms with Gasteiger partial charge in [-0.25, -0.2) is 0 Å². The summed E-state index contributed by atoms with van der Waals surface area (Å²) in [5, 5.41) is 2.90. The number of hydrogen-bond acceptors (Lipinski definition) is 1. The van der Waals surface area contributed by atoms with Crippen LogP contribution in [-0.4, -0.2) is 5.91 Å². The average Bonchev–Trinajstić information content (AvgIpc) is 2.37. The first kappa shape index (κ1) is 14.3. The van der Waals surface area contributed by atoms with Gasteiger partial charge in [-0.3, -0.25) is 4.79 Å². The topological polar surface area (TPSA) is 29.1 Å². The smallest absolute Gasteiger partial charge is 0.228 e. The van der Waals surface area contributed by atoms with E-state index in [1.807, 2.05) is 49.4 Å². The van der Waals surface area contributed by atoms with Gasteiger partial charge < -0.3 is 5.32 Å². The SMILES string of the molecule is Cc1cc(NC(=O)Cc2ccc(Br)cc2)ccc1Br. The number of halogens is 2. The van der Waals surface area contributed by atoms with Crippen LogP contribution in [0.3, 0.4) is 0 Å². The molecule has 0 bridgehead atoms. The van der Waals surface area contributed by atoms with Gasteiger partial charge in [0.1, 0.15) is 0 Å². The van der Waals surface area contributed by atoms with E-state index in [2.05, 4.69) is 37.2 Å². The summed E-state index contributed by atoms with van der Waals surface area (Å²) in [4.78, 5) is 11.9. The van der Waals surface area contributed by atoms with Gasteiger partial charge in [-0.1, -0.05) is 44.0 Å². The van der Waals surface area contributed by atoms with Gasteiger partial charge in [0, 0.05) is 14.6 Å². The Labute approximate surface area is 129 Å². The minimum absolute atomic E-state index is 0.0101. The van der Waals surface area contributed by atoms with Crippen molar-refractivity contribution in [3.8, 4) is 0 Å². The number of benzene rings is 2. The number of hydrogen-bond donors (Lipinski definition) is 1. The minimum Gasteiger partial charge on any atom is -0.326 e. The molecule has 2 aromatic carbocycles. The first-order chi connectivity index (χ1) is 9.04. The van der Waals surface area contributed by atoms with Crippen molar-refractivity contribution in [1.29, 1.82) is 0 Å². The van der Waals surface area contributed by atoms with E-state index in [9.17, 15) is 4.79 Å². The summed E-state index contributed by atoms with van der Waals surface area (Å²) in [5.41, 5.74) is 2.92. The summed E-state index contributed by atoms with van der Waals surface area (Å²) >= 11 is 6.81. The summed E-state index contributed by atoms with van der Waals surface area (Å²) in [5.74, 6) is -0.0101. The van der Waals surface area contributed by atoms with E-state index in [0.29, 0.717) is 6.42 Å². The van der Waals surface area contributed by atoms with Crippen LogP contribution in [0.15, 0.2) is 51.4 Å². The molecule has 0 heterocycles. The van der Waals surface area contributed by atoms with E-state index in [4.69, 9.17) is 0 Å². The van der Waals surface area contributed by atoms with Gasteiger partial charge in [-0.2, -0.15) is 0 Å². The van der Waals surface area contributed by atoms with E-state index in [1.165, 1.54) is 0 Å². The van der Waals surface area contributed by atoms with Crippen molar-refractivity contribution in [3.05, 3.63) is 62.5 Å². The van der Waals surface area contributed by atoms with Gasteiger partial charge >= 0.3 is 0 Å². The fourth-order valence-corrected chi connectivity index (χ4v) is 2.23. The lowest BCUT2D eigenvalue weighted by atomic mass is 10.1. The van der Waals surface area contributed by atoms with Gasteiger partial charge in [0.15, 0.2) is 0 Å². The number of amides is 1. The maximum Gasteiger partial charge on any atom is 0.228 e. The maximum atomic E-state index is 11.9. The molecule has 0 radical (unpaired) electrons. The van der Waals surface area contributed by atoms with Crippen LogP contribution in [0.1, 0.15) is 11.1 Å². The van der Waals surface area contributed by atoms with Crippen LogP contribution >= 0.6 is 31.9 Å². The minimum atomic E-state index is -0.0101. The summed E-state index contributed by atoms with van der Waals surface area (Å²) in [6.45, 7) is 1.99. The summed E-state index contributed by atoms with van der Waals surface area (Å²) in [7, 11) is 0. The molecule has 0 aliphatic rings. The Balaban J connectivity index is 2.01. The van der Waals surface area contributed by atoms with Gasteiger partial charge in [0.2, 0.25) is 5.91 Å². The molecule has 4 heteroatoms. The third kappa shape index (κ3) is 4.18. The summed E-state index contributed by atoms with van der Waals surface area (Å²) in [6.07, 6.45) is 0.377. The van der Waals surface area contributed by atoms with Crippen molar-refractivity contribution in [1.82, 2.24) is 0 Å². The lowest BCUT2D eigenvalue weighted by molar-refractivity contribution is -0.115. The van der Waals surface area contributed by atoms with Crippen molar-refractivity contribution < 1.29 is 4.79 Å². The molecule has 0 unspecified atom stereocenters. The number of rotatable bonds is 3. The van der Waals surface area contributed by atoms with Crippen LogP contribution in [0.2, 0.25) is 0 Å². The molecule has 0 atom stereocenters. The first-order valence-corrected chi connectivity index (χ1v) is 7.43. The first-order valence-electron chi connectivity index (χ1n) is 5.85. The maximum absolute atomic E-state index is 11.9. The second-order valence-electron chi connectivity index (χ2n) is 4.32. The molecule has 2 nitrogen and oxygen atoms in total. The van der Waals surface area contributed by atoms with Crippen LogP contribution in [0.5, 0.6) is 0 Å². The van der Waals surface area contributed by atoms with E-state index < -0.39 is 0 Å². The Kier molecular flexibility index (Phi) is 4.77. The zero-order valence-corrected chi connectivity index (χ0v) is 13.6. The molecule has 1 amide bonds. The largest absolute Gasteiger partial charge is 0.326 e. The van der Waals surface area contributed by atoms with Crippen molar-refractivity contribution in [2.75, 3.05) is 5.32 Å². The van der Waals surface area contributed by atoms with Gasteiger partial charge in [-0.15, -0.1) is 0 Å². The molecule has 0 fully saturated rings. The number of aryl methyl sites for hydroxylation is 1. The zero-order chi connectivity index (χ0) is 13.8. The van der Waals surface area contributed by atoms with Crippen molar-refractivity contribution >= 4 is 43.5 Å². The third-order valence-corrected chi connectivity index (χ3v) is 4.14. The highest BCUT2D eigenvalue weighted by atomic mass is 79.9. The Morgan fingerprint density at radius 2 is 1.79 bits per heavy atom. The second kappa shape index (κ2) is 6.35. The predicted molar refractivity (Wildman–Crippen MR) is 85.4 cm³/mol. The van der Waals surface area contributed by atoms with E-state index in [0.717, 1.165) is 25.8 Å². The lowest BCUT2D eigenvalue weighted by Crippen LogP contribution is -2.14. The van der Waals surface area contributed by atoms with Crippen molar-refractivity contribution in [2.24, 2.45) is 0 Å². The molecule has 0 saturated heterocycles. The summed E-state index contributed by atoms with van der Waals surface area (Å²) < 4.78 is 2.05. The quantitative estimate of drug-likeness (QED) is 0.818. The van der Waals surface area contributed by atoms with Crippen LogP contribution in [0.4, 0.5) is 5.69 Å². The lowest BCUT2D eigenvalue weighted by Gasteiger charge is -2.07. The fraction of sp³-hybridized carbons (Fsp3) is 0.133. The number of nitrogens with one attached hydrogen (secondary N) is 1. The second-order valence-corrected chi connectivity index (χ2v) is 6.09. The molecule has 0 saturated carbocycles. The molecule has 19 heavy (non-hydrogen) atoms. The highest BCUT2D eigenvalue weighted by Crippen LogP contribution is 2.20. The third-order valence-electron chi connectivity index (χ3n) is 2.72. The molecule has 98 valence electrons. The van der Waals surface area contributed by atoms with Gasteiger partial charge in [-0.05, 0) is 48.4 Å². The molecular weight excluding hydrogens is 370 g/mol. The summed E-state index contributed by atoms with van der Waals surface area (Å²) in [6, 6.07) is 13.5. The average molecular weight is 383 g/mol. The predicted octanol–water partition coefficient (Wildman–Crippen LogP) is 4.70. The Morgan fingerprint density at radius 3 is 2.42 bits per heavy atom. The van der Waals surface area contributed by atoms with Crippen molar-refractivity contribution in [2.45, 2.75) is 13.3 Å². The van der Waals surface area contributed by atoms with Crippen molar-refractivity contribution in [3.63, 3.8) is 0 Å². The Hall–Kier alpha value is -1.13. The highest BCUT2D eigenvalue weighted by Gasteiger charge is 2.05. The van der Waals surface area contributed by atoms with Crippen LogP contribution in [0.25, 0.3) is 0 Å². The van der Waals surface area contributed by atoms with E-state index in [1.54, 1.807) is 0 Å². The van der Waals surface area contributed by atoms with Crippen LogP contribution in [-0.2, 0) is 11.2 Å². The molecule has 1 N–H and O–H groups in total. The van der Waals surface area contributed by atoms with E-state index in [-0.39, 0.29) is 5.91 Å². The zero-order valence-electron chi connectivity index (χ0n) is 10.4.